The second-order valence-electron chi connectivity index (χ2n) is 6.89. The van der Waals surface area contributed by atoms with Crippen molar-refractivity contribution in [2.75, 3.05) is 25.1 Å². The van der Waals surface area contributed by atoms with Gasteiger partial charge >= 0.3 is 0 Å². The van der Waals surface area contributed by atoms with Crippen molar-refractivity contribution < 1.29 is 9.47 Å². The van der Waals surface area contributed by atoms with Gasteiger partial charge in [0, 0.05) is 30.9 Å². The van der Waals surface area contributed by atoms with E-state index >= 15 is 0 Å². The second kappa shape index (κ2) is 6.50. The Morgan fingerprint density at radius 2 is 2.09 bits per heavy atom. The molecular formula is C17H25N3O2. The molecule has 4 rings (SSSR count). The zero-order valence-corrected chi connectivity index (χ0v) is 13.0. The molecule has 0 spiro atoms. The molecule has 0 radical (unpaired) electrons. The molecule has 1 saturated heterocycles. The maximum absolute atomic E-state index is 6.13. The van der Waals surface area contributed by atoms with Gasteiger partial charge in [0.2, 0.25) is 0 Å². The van der Waals surface area contributed by atoms with Crippen LogP contribution in [0.15, 0.2) is 12.4 Å². The Balaban J connectivity index is 1.36. The summed E-state index contributed by atoms with van der Waals surface area (Å²) in [6, 6.07) is 2.40. The fourth-order valence-electron chi connectivity index (χ4n) is 3.20. The Hall–Kier alpha value is -1.20. The van der Waals surface area contributed by atoms with Gasteiger partial charge in [-0.3, -0.25) is 0 Å². The van der Waals surface area contributed by atoms with Gasteiger partial charge in [0.25, 0.3) is 0 Å². The lowest BCUT2D eigenvalue weighted by Crippen LogP contribution is -2.44. The fraction of sp³-hybridized carbons (Fsp3) is 0.765. The van der Waals surface area contributed by atoms with Gasteiger partial charge in [0.05, 0.1) is 12.6 Å². The summed E-state index contributed by atoms with van der Waals surface area (Å²) in [5.74, 6) is 2.35. The number of rotatable bonds is 6. The predicted molar refractivity (Wildman–Crippen MR) is 83.9 cm³/mol. The molecule has 120 valence electrons. The summed E-state index contributed by atoms with van der Waals surface area (Å²) in [5.41, 5.74) is 1.18. The maximum atomic E-state index is 6.13. The zero-order chi connectivity index (χ0) is 14.8. The van der Waals surface area contributed by atoms with Gasteiger partial charge in [-0.2, -0.15) is 0 Å². The third-order valence-corrected chi connectivity index (χ3v) is 5.09. The van der Waals surface area contributed by atoms with E-state index in [1.165, 1.54) is 37.8 Å². The highest BCUT2D eigenvalue weighted by atomic mass is 16.5. The Bertz CT molecular complexity index is 502. The predicted octanol–water partition coefficient (Wildman–Crippen LogP) is 2.74. The molecule has 22 heavy (non-hydrogen) atoms. The summed E-state index contributed by atoms with van der Waals surface area (Å²) in [6.07, 6.45) is 9.32. The van der Waals surface area contributed by atoms with Crippen LogP contribution in [0.4, 0.5) is 5.82 Å². The molecule has 2 saturated carbocycles. The van der Waals surface area contributed by atoms with Gasteiger partial charge in [-0.1, -0.05) is 6.42 Å². The molecule has 1 aromatic rings. The number of hydrogen-bond donors (Lipinski definition) is 1. The van der Waals surface area contributed by atoms with Crippen LogP contribution in [0.2, 0.25) is 0 Å². The van der Waals surface area contributed by atoms with Gasteiger partial charge in [-0.05, 0) is 38.0 Å². The Kier molecular flexibility index (Phi) is 4.26. The molecule has 0 unspecified atom stereocenters. The van der Waals surface area contributed by atoms with Crippen molar-refractivity contribution in [3.63, 3.8) is 0 Å². The minimum atomic E-state index is 0.133. The minimum Gasteiger partial charge on any atom is -0.379 e. The van der Waals surface area contributed by atoms with E-state index < -0.39 is 0 Å². The van der Waals surface area contributed by atoms with Gasteiger partial charge in [-0.25, -0.2) is 9.97 Å². The van der Waals surface area contributed by atoms with E-state index in [2.05, 4.69) is 21.4 Å². The number of nitrogens with one attached hydrogen (secondary N) is 1. The van der Waals surface area contributed by atoms with Gasteiger partial charge in [-0.15, -0.1) is 0 Å². The van der Waals surface area contributed by atoms with Crippen LogP contribution in [-0.2, 0) is 9.47 Å². The average Bonchev–Trinajstić information content (AvgIpc) is 3.32. The summed E-state index contributed by atoms with van der Waals surface area (Å²) >= 11 is 0. The van der Waals surface area contributed by atoms with E-state index in [0.717, 1.165) is 31.4 Å². The lowest BCUT2D eigenvalue weighted by Gasteiger charge is -2.34. The summed E-state index contributed by atoms with van der Waals surface area (Å²) < 4.78 is 11.7. The lowest BCUT2D eigenvalue weighted by atomic mass is 9.86. The first kappa shape index (κ1) is 14.4. The van der Waals surface area contributed by atoms with Crippen LogP contribution in [-0.4, -0.2) is 41.9 Å². The number of aromatic nitrogens is 2. The maximum Gasteiger partial charge on any atom is 0.129 e. The Morgan fingerprint density at radius 1 is 1.18 bits per heavy atom. The van der Waals surface area contributed by atoms with Crippen molar-refractivity contribution >= 4 is 5.82 Å². The largest absolute Gasteiger partial charge is 0.379 e. The molecule has 3 aliphatic rings. The molecule has 5 heteroatoms. The lowest BCUT2D eigenvalue weighted by molar-refractivity contribution is -0.0730. The second-order valence-corrected chi connectivity index (χ2v) is 6.89. The molecule has 1 aromatic heterocycles. The van der Waals surface area contributed by atoms with E-state index in [0.29, 0.717) is 12.5 Å². The van der Waals surface area contributed by atoms with Crippen molar-refractivity contribution in [3.8, 4) is 0 Å². The van der Waals surface area contributed by atoms with Crippen LogP contribution in [0, 0.1) is 5.92 Å². The van der Waals surface area contributed by atoms with Crippen LogP contribution < -0.4 is 5.32 Å². The third-order valence-electron chi connectivity index (χ3n) is 5.09. The molecule has 2 atom stereocenters. The van der Waals surface area contributed by atoms with Gasteiger partial charge in [0.1, 0.15) is 18.2 Å². The average molecular weight is 303 g/mol. The van der Waals surface area contributed by atoms with Crippen molar-refractivity contribution in [2.24, 2.45) is 5.92 Å². The van der Waals surface area contributed by atoms with Crippen molar-refractivity contribution in [1.82, 2.24) is 9.97 Å². The Labute approximate surface area is 131 Å². The molecule has 0 amide bonds. The smallest absolute Gasteiger partial charge is 0.129 e. The summed E-state index contributed by atoms with van der Waals surface area (Å²) in [4.78, 5) is 8.77. The summed E-state index contributed by atoms with van der Waals surface area (Å²) in [7, 11) is 0. The van der Waals surface area contributed by atoms with E-state index in [9.17, 15) is 0 Å². The number of nitrogens with zero attached hydrogens (tertiary/aromatic N) is 2. The molecule has 2 aliphatic carbocycles. The topological polar surface area (TPSA) is 56.3 Å². The first-order valence-electron chi connectivity index (χ1n) is 8.66. The van der Waals surface area contributed by atoms with E-state index in [1.807, 2.05) is 0 Å². The molecule has 3 fully saturated rings. The number of anilines is 1. The zero-order valence-electron chi connectivity index (χ0n) is 13.0. The SMILES string of the molecule is c1nc(N[C@@H]2CCOC[C@H]2OCC2CCC2)cc(C2CC2)n1. The Morgan fingerprint density at radius 3 is 2.86 bits per heavy atom. The van der Waals surface area contributed by atoms with E-state index in [-0.39, 0.29) is 12.1 Å². The van der Waals surface area contributed by atoms with Crippen molar-refractivity contribution in [3.05, 3.63) is 18.1 Å². The van der Waals surface area contributed by atoms with Gasteiger partial charge < -0.3 is 14.8 Å². The highest BCUT2D eigenvalue weighted by Crippen LogP contribution is 2.39. The molecular weight excluding hydrogens is 278 g/mol. The quantitative estimate of drug-likeness (QED) is 0.875. The highest BCUT2D eigenvalue weighted by molar-refractivity contribution is 5.38. The van der Waals surface area contributed by atoms with E-state index in [4.69, 9.17) is 9.47 Å². The summed E-state index contributed by atoms with van der Waals surface area (Å²) in [6.45, 7) is 2.36. The number of hydrogen-bond acceptors (Lipinski definition) is 5. The standard InChI is InChI=1S/C17H25N3O2/c1-2-12(3-1)9-22-16-10-21-7-6-14(16)20-17-8-15(13-4-5-13)18-11-19-17/h8,11-14,16H,1-7,9-10H2,(H,18,19,20)/t14-,16-/m1/s1. The van der Waals surface area contributed by atoms with E-state index in [1.54, 1.807) is 6.33 Å². The first-order valence-corrected chi connectivity index (χ1v) is 8.66. The van der Waals surface area contributed by atoms with Gasteiger partial charge in [0.15, 0.2) is 0 Å². The van der Waals surface area contributed by atoms with Crippen LogP contribution >= 0.6 is 0 Å². The van der Waals surface area contributed by atoms with Crippen molar-refractivity contribution in [1.29, 1.82) is 0 Å². The highest BCUT2D eigenvalue weighted by Gasteiger charge is 2.30. The molecule has 0 bridgehead atoms. The van der Waals surface area contributed by atoms with Crippen LogP contribution in [0.25, 0.3) is 0 Å². The van der Waals surface area contributed by atoms with Crippen LogP contribution in [0.3, 0.4) is 0 Å². The van der Waals surface area contributed by atoms with Crippen LogP contribution in [0.5, 0.6) is 0 Å². The number of ether oxygens (including phenoxy) is 2. The molecule has 2 heterocycles. The summed E-state index contributed by atoms with van der Waals surface area (Å²) in [5, 5.41) is 3.56. The first-order chi connectivity index (χ1) is 10.9. The monoisotopic (exact) mass is 303 g/mol. The minimum absolute atomic E-state index is 0.133. The molecule has 5 nitrogen and oxygen atoms in total. The normalized spacial score (nSPS) is 29.1. The molecule has 0 aromatic carbocycles. The molecule has 1 aliphatic heterocycles. The fourth-order valence-corrected chi connectivity index (χ4v) is 3.20. The van der Waals surface area contributed by atoms with Crippen molar-refractivity contribution in [2.45, 2.75) is 56.6 Å². The molecule has 1 N–H and O–H groups in total. The third kappa shape index (κ3) is 3.41. The van der Waals surface area contributed by atoms with Crippen LogP contribution in [0.1, 0.15) is 50.1 Å².